The van der Waals surface area contributed by atoms with Crippen molar-refractivity contribution in [3.05, 3.63) is 77.2 Å². The molecule has 0 aliphatic carbocycles. The molecule has 5 rings (SSSR count). The number of hydrogen-bond acceptors (Lipinski definition) is 6. The third kappa shape index (κ3) is 4.46. The van der Waals surface area contributed by atoms with E-state index in [-0.39, 0.29) is 6.04 Å². The van der Waals surface area contributed by atoms with Crippen LogP contribution < -0.4 is 5.32 Å². The van der Waals surface area contributed by atoms with Crippen molar-refractivity contribution < 1.29 is 4.74 Å². The highest BCUT2D eigenvalue weighted by molar-refractivity contribution is 6.30. The van der Waals surface area contributed by atoms with Crippen LogP contribution in [0.2, 0.25) is 5.02 Å². The molecule has 8 heteroatoms. The summed E-state index contributed by atoms with van der Waals surface area (Å²) in [5.41, 5.74) is 2.83. The average molecular weight is 449 g/mol. The van der Waals surface area contributed by atoms with Gasteiger partial charge in [-0.1, -0.05) is 48.0 Å². The van der Waals surface area contributed by atoms with Crippen LogP contribution in [0.15, 0.2) is 60.8 Å². The SMILES string of the molecule is Cc1nc(NC(CN2CCOCC2)c2ccccc2)c2cnn(-c3cccc(Cl)c3)c2n1. The van der Waals surface area contributed by atoms with Gasteiger partial charge in [-0.25, -0.2) is 14.6 Å². The lowest BCUT2D eigenvalue weighted by Gasteiger charge is -2.31. The molecule has 1 aliphatic rings. The quantitative estimate of drug-likeness (QED) is 0.475. The summed E-state index contributed by atoms with van der Waals surface area (Å²) in [7, 11) is 0. The van der Waals surface area contributed by atoms with Crippen LogP contribution in [-0.4, -0.2) is 57.5 Å². The number of ether oxygens (including phenoxy) is 1. The molecule has 4 aromatic rings. The van der Waals surface area contributed by atoms with Crippen molar-refractivity contribution in [1.29, 1.82) is 0 Å². The van der Waals surface area contributed by atoms with Gasteiger partial charge in [0.15, 0.2) is 5.65 Å². The molecule has 3 heterocycles. The molecule has 0 amide bonds. The Morgan fingerprint density at radius 3 is 2.66 bits per heavy atom. The minimum absolute atomic E-state index is 0.0707. The molecule has 1 unspecified atom stereocenters. The molecule has 0 spiro atoms. The van der Waals surface area contributed by atoms with Gasteiger partial charge in [-0.3, -0.25) is 4.90 Å². The largest absolute Gasteiger partial charge is 0.379 e. The Labute approximate surface area is 192 Å². The number of morpholine rings is 1. The smallest absolute Gasteiger partial charge is 0.168 e. The number of anilines is 1. The summed E-state index contributed by atoms with van der Waals surface area (Å²) in [5, 5.41) is 9.81. The number of hydrogen-bond donors (Lipinski definition) is 1. The van der Waals surface area contributed by atoms with Crippen LogP contribution >= 0.6 is 11.6 Å². The molecular formula is C24H25ClN6O. The molecule has 164 valence electrons. The van der Waals surface area contributed by atoms with Gasteiger partial charge in [0.2, 0.25) is 0 Å². The molecule has 7 nitrogen and oxygen atoms in total. The summed E-state index contributed by atoms with van der Waals surface area (Å²) in [4.78, 5) is 11.8. The molecule has 1 N–H and O–H groups in total. The molecule has 2 aromatic heterocycles. The lowest BCUT2D eigenvalue weighted by Crippen LogP contribution is -2.40. The van der Waals surface area contributed by atoms with Gasteiger partial charge in [0.05, 0.1) is 36.5 Å². The van der Waals surface area contributed by atoms with Crippen molar-refractivity contribution in [2.45, 2.75) is 13.0 Å². The molecule has 0 radical (unpaired) electrons. The number of rotatable bonds is 6. The number of halogens is 1. The second-order valence-electron chi connectivity index (χ2n) is 7.91. The van der Waals surface area contributed by atoms with Crippen molar-refractivity contribution in [2.24, 2.45) is 0 Å². The van der Waals surface area contributed by atoms with Crippen LogP contribution in [0, 0.1) is 6.92 Å². The van der Waals surface area contributed by atoms with Crippen LogP contribution in [-0.2, 0) is 4.74 Å². The van der Waals surface area contributed by atoms with Crippen LogP contribution in [0.3, 0.4) is 0 Å². The van der Waals surface area contributed by atoms with Crippen molar-refractivity contribution in [3.8, 4) is 5.69 Å². The molecule has 1 aliphatic heterocycles. The first kappa shape index (κ1) is 20.9. The zero-order valence-corrected chi connectivity index (χ0v) is 18.7. The second-order valence-corrected chi connectivity index (χ2v) is 8.35. The van der Waals surface area contributed by atoms with Crippen molar-refractivity contribution >= 4 is 28.5 Å². The molecule has 32 heavy (non-hydrogen) atoms. The molecule has 0 bridgehead atoms. The summed E-state index contributed by atoms with van der Waals surface area (Å²) >= 11 is 6.20. The molecular weight excluding hydrogens is 424 g/mol. The highest BCUT2D eigenvalue weighted by Gasteiger charge is 2.21. The third-order valence-electron chi connectivity index (χ3n) is 5.65. The van der Waals surface area contributed by atoms with E-state index < -0.39 is 0 Å². The Balaban J connectivity index is 1.52. The van der Waals surface area contributed by atoms with E-state index in [4.69, 9.17) is 21.3 Å². The molecule has 1 atom stereocenters. The van der Waals surface area contributed by atoms with E-state index in [1.165, 1.54) is 5.56 Å². The van der Waals surface area contributed by atoms with E-state index in [1.807, 2.05) is 43.5 Å². The Hall–Kier alpha value is -3.00. The van der Waals surface area contributed by atoms with Gasteiger partial charge in [0, 0.05) is 24.7 Å². The highest BCUT2D eigenvalue weighted by Crippen LogP contribution is 2.28. The first-order valence-electron chi connectivity index (χ1n) is 10.8. The second kappa shape index (κ2) is 9.24. The van der Waals surface area contributed by atoms with E-state index in [0.29, 0.717) is 10.8 Å². The van der Waals surface area contributed by atoms with Crippen LogP contribution in [0.4, 0.5) is 5.82 Å². The van der Waals surface area contributed by atoms with E-state index in [1.54, 1.807) is 4.68 Å². The van der Waals surface area contributed by atoms with E-state index in [2.05, 4.69) is 44.6 Å². The maximum Gasteiger partial charge on any atom is 0.168 e. The van der Waals surface area contributed by atoms with Gasteiger partial charge in [0.1, 0.15) is 11.6 Å². The fourth-order valence-corrected chi connectivity index (χ4v) is 4.23. The average Bonchev–Trinajstić information content (AvgIpc) is 3.24. The fraction of sp³-hybridized carbons (Fsp3) is 0.292. The number of benzene rings is 2. The summed E-state index contributed by atoms with van der Waals surface area (Å²) in [5.74, 6) is 1.46. The van der Waals surface area contributed by atoms with E-state index in [0.717, 1.165) is 55.4 Å². The van der Waals surface area contributed by atoms with Gasteiger partial charge in [-0.15, -0.1) is 0 Å². The predicted octanol–water partition coefficient (Wildman–Crippen LogP) is 4.26. The van der Waals surface area contributed by atoms with E-state index >= 15 is 0 Å². The topological polar surface area (TPSA) is 68.1 Å². The fourth-order valence-electron chi connectivity index (χ4n) is 4.05. The zero-order chi connectivity index (χ0) is 21.9. The van der Waals surface area contributed by atoms with Gasteiger partial charge < -0.3 is 10.1 Å². The number of fused-ring (bicyclic) bond motifs is 1. The van der Waals surface area contributed by atoms with Crippen molar-refractivity contribution in [2.75, 3.05) is 38.2 Å². The Kier molecular flexibility index (Phi) is 6.03. The first-order valence-corrected chi connectivity index (χ1v) is 11.1. The lowest BCUT2D eigenvalue weighted by molar-refractivity contribution is 0.0361. The third-order valence-corrected chi connectivity index (χ3v) is 5.89. The van der Waals surface area contributed by atoms with Crippen LogP contribution in [0.5, 0.6) is 0 Å². The maximum atomic E-state index is 6.20. The first-order chi connectivity index (χ1) is 15.7. The number of aromatic nitrogens is 4. The Bertz CT molecular complexity index is 1210. The standard InChI is InChI=1S/C24H25ClN6O/c1-17-27-23(21-15-26-31(24(21)28-17)20-9-5-8-19(25)14-20)29-22(18-6-3-2-4-7-18)16-30-10-12-32-13-11-30/h2-9,14-15,22H,10-13,16H2,1H3,(H,27,28,29). The molecule has 1 saturated heterocycles. The summed E-state index contributed by atoms with van der Waals surface area (Å²) in [6.07, 6.45) is 1.81. The summed E-state index contributed by atoms with van der Waals surface area (Å²) in [6.45, 7) is 6.15. The molecule has 1 fully saturated rings. The highest BCUT2D eigenvalue weighted by atomic mass is 35.5. The van der Waals surface area contributed by atoms with Gasteiger partial charge in [0.25, 0.3) is 0 Å². The van der Waals surface area contributed by atoms with Crippen molar-refractivity contribution in [1.82, 2.24) is 24.6 Å². The summed E-state index contributed by atoms with van der Waals surface area (Å²) in [6, 6.07) is 18.2. The lowest BCUT2D eigenvalue weighted by atomic mass is 10.1. The minimum atomic E-state index is 0.0707. The number of nitrogens with one attached hydrogen (secondary N) is 1. The van der Waals surface area contributed by atoms with Crippen LogP contribution in [0.1, 0.15) is 17.4 Å². The van der Waals surface area contributed by atoms with E-state index in [9.17, 15) is 0 Å². The van der Waals surface area contributed by atoms with Gasteiger partial charge in [-0.2, -0.15) is 5.10 Å². The minimum Gasteiger partial charge on any atom is -0.379 e. The van der Waals surface area contributed by atoms with Gasteiger partial charge in [-0.05, 0) is 30.7 Å². The maximum absolute atomic E-state index is 6.20. The monoisotopic (exact) mass is 448 g/mol. The van der Waals surface area contributed by atoms with Gasteiger partial charge >= 0.3 is 0 Å². The number of nitrogens with zero attached hydrogens (tertiary/aromatic N) is 5. The Morgan fingerprint density at radius 2 is 1.88 bits per heavy atom. The number of aryl methyl sites for hydroxylation is 1. The summed E-state index contributed by atoms with van der Waals surface area (Å²) < 4.78 is 7.33. The van der Waals surface area contributed by atoms with Crippen molar-refractivity contribution in [3.63, 3.8) is 0 Å². The normalized spacial score (nSPS) is 15.7. The predicted molar refractivity (Wildman–Crippen MR) is 126 cm³/mol. The van der Waals surface area contributed by atoms with Crippen LogP contribution in [0.25, 0.3) is 16.7 Å². The zero-order valence-electron chi connectivity index (χ0n) is 17.9. The molecule has 2 aromatic carbocycles. The molecule has 0 saturated carbocycles. The Morgan fingerprint density at radius 1 is 1.06 bits per heavy atom.